The van der Waals surface area contributed by atoms with E-state index in [9.17, 15) is 14.4 Å². The Morgan fingerprint density at radius 3 is 2.85 bits per heavy atom. The first-order valence-corrected chi connectivity index (χ1v) is 11.7. The second kappa shape index (κ2) is 11.2. The number of nitrogens with one attached hydrogen (secondary N) is 1. The van der Waals surface area contributed by atoms with Crippen molar-refractivity contribution in [2.45, 2.75) is 38.7 Å². The van der Waals surface area contributed by atoms with Gasteiger partial charge in [-0.3, -0.25) is 19.3 Å². The van der Waals surface area contributed by atoms with Crippen molar-refractivity contribution < 1.29 is 28.6 Å². The molecule has 0 aliphatic carbocycles. The van der Waals surface area contributed by atoms with Gasteiger partial charge in [-0.15, -0.1) is 0 Å². The predicted octanol–water partition coefficient (Wildman–Crippen LogP) is 2.92. The highest BCUT2D eigenvalue weighted by molar-refractivity contribution is 6.04. The van der Waals surface area contributed by atoms with Gasteiger partial charge in [0.05, 0.1) is 11.8 Å². The molecule has 2 amide bonds. The number of para-hydroxylation sites is 1. The van der Waals surface area contributed by atoms with E-state index in [4.69, 9.17) is 14.2 Å². The molecule has 0 unspecified atom stereocenters. The molecule has 8 heteroatoms. The van der Waals surface area contributed by atoms with Gasteiger partial charge in [0.25, 0.3) is 5.91 Å². The average molecular weight is 467 g/mol. The number of anilines is 1. The summed E-state index contributed by atoms with van der Waals surface area (Å²) >= 11 is 0. The number of carbonyl (C=O) groups is 3. The van der Waals surface area contributed by atoms with Crippen LogP contribution in [0.3, 0.4) is 0 Å². The van der Waals surface area contributed by atoms with E-state index in [2.05, 4.69) is 12.2 Å². The Bertz CT molecular complexity index is 1050. The van der Waals surface area contributed by atoms with Crippen LogP contribution in [-0.4, -0.2) is 56.6 Å². The van der Waals surface area contributed by atoms with Gasteiger partial charge in [0.1, 0.15) is 18.0 Å². The molecule has 1 fully saturated rings. The van der Waals surface area contributed by atoms with E-state index in [-0.39, 0.29) is 43.5 Å². The maximum absolute atomic E-state index is 12.9. The van der Waals surface area contributed by atoms with Gasteiger partial charge < -0.3 is 19.5 Å². The van der Waals surface area contributed by atoms with Crippen LogP contribution in [0.4, 0.5) is 5.69 Å². The molecule has 2 aromatic carbocycles. The zero-order valence-electron chi connectivity index (χ0n) is 19.4. The molecule has 4 rings (SSSR count). The first kappa shape index (κ1) is 23.8. The van der Waals surface area contributed by atoms with E-state index in [0.717, 1.165) is 31.2 Å². The molecule has 0 spiro atoms. The van der Waals surface area contributed by atoms with Crippen molar-refractivity contribution in [3.8, 4) is 11.5 Å². The first-order valence-electron chi connectivity index (χ1n) is 11.7. The van der Waals surface area contributed by atoms with Crippen LogP contribution in [0.15, 0.2) is 42.5 Å². The predicted molar refractivity (Wildman–Crippen MR) is 127 cm³/mol. The number of benzene rings is 2. The maximum atomic E-state index is 12.9. The summed E-state index contributed by atoms with van der Waals surface area (Å²) in [5, 5.41) is 2.83. The lowest BCUT2D eigenvalue weighted by atomic mass is 10.1. The normalized spacial score (nSPS) is 17.1. The molecule has 1 N–H and O–H groups in total. The van der Waals surface area contributed by atoms with E-state index in [1.54, 1.807) is 18.2 Å². The molecule has 1 saturated heterocycles. The summed E-state index contributed by atoms with van der Waals surface area (Å²) in [5.41, 5.74) is 1.85. The van der Waals surface area contributed by atoms with Crippen LogP contribution in [0.25, 0.3) is 0 Å². The number of Topliss-reactive ketones (excluding diaryl/α,β-unsaturated/α-hetero) is 1. The number of ether oxygens (including phenoxy) is 3. The highest BCUT2D eigenvalue weighted by Crippen LogP contribution is 2.33. The van der Waals surface area contributed by atoms with E-state index < -0.39 is 0 Å². The highest BCUT2D eigenvalue weighted by Gasteiger charge is 2.29. The van der Waals surface area contributed by atoms with Crippen molar-refractivity contribution in [3.05, 3.63) is 53.6 Å². The van der Waals surface area contributed by atoms with Crippen molar-refractivity contribution >= 4 is 23.3 Å². The summed E-state index contributed by atoms with van der Waals surface area (Å²) < 4.78 is 16.8. The Labute approximate surface area is 199 Å². The van der Waals surface area contributed by atoms with Crippen molar-refractivity contribution in [1.29, 1.82) is 0 Å². The summed E-state index contributed by atoms with van der Waals surface area (Å²) in [6.45, 7) is 2.78. The monoisotopic (exact) mass is 466 g/mol. The van der Waals surface area contributed by atoms with E-state index in [1.165, 1.54) is 4.90 Å². The molecule has 2 aliphatic rings. The summed E-state index contributed by atoms with van der Waals surface area (Å²) in [6.07, 6.45) is 3.76. The summed E-state index contributed by atoms with van der Waals surface area (Å²) in [7, 11) is 0. The molecule has 0 radical (unpaired) electrons. The Morgan fingerprint density at radius 2 is 2.06 bits per heavy atom. The van der Waals surface area contributed by atoms with Crippen molar-refractivity contribution in [3.63, 3.8) is 0 Å². The van der Waals surface area contributed by atoms with Gasteiger partial charge in [-0.2, -0.15) is 0 Å². The minimum atomic E-state index is -0.339. The molecule has 2 heterocycles. The van der Waals surface area contributed by atoms with Gasteiger partial charge in [-0.05, 0) is 49.1 Å². The lowest BCUT2D eigenvalue weighted by Gasteiger charge is -2.29. The molecule has 0 saturated carbocycles. The smallest absolute Gasteiger partial charge is 0.265 e. The Kier molecular flexibility index (Phi) is 7.80. The van der Waals surface area contributed by atoms with Crippen LogP contribution >= 0.6 is 0 Å². The van der Waals surface area contributed by atoms with Crippen LogP contribution in [0.5, 0.6) is 11.5 Å². The Morgan fingerprint density at radius 1 is 1.21 bits per heavy atom. The third kappa shape index (κ3) is 5.75. The average Bonchev–Trinajstić information content (AvgIpc) is 3.37. The first-order chi connectivity index (χ1) is 16.5. The third-order valence-electron chi connectivity index (χ3n) is 5.93. The van der Waals surface area contributed by atoms with Crippen LogP contribution in [0.2, 0.25) is 0 Å². The number of amides is 2. The highest BCUT2D eigenvalue weighted by atomic mass is 16.5. The zero-order chi connectivity index (χ0) is 23.9. The number of fused-ring (bicyclic) bond motifs is 1. The summed E-state index contributed by atoms with van der Waals surface area (Å²) in [5.74, 6) is 0.296. The molecule has 2 aromatic rings. The van der Waals surface area contributed by atoms with Gasteiger partial charge in [0, 0.05) is 18.7 Å². The third-order valence-corrected chi connectivity index (χ3v) is 5.93. The van der Waals surface area contributed by atoms with Crippen LogP contribution in [0, 0.1) is 0 Å². The van der Waals surface area contributed by atoms with Gasteiger partial charge >= 0.3 is 0 Å². The quantitative estimate of drug-likeness (QED) is 0.541. The topological polar surface area (TPSA) is 94.2 Å². The number of hydrogen-bond acceptors (Lipinski definition) is 6. The van der Waals surface area contributed by atoms with Crippen molar-refractivity contribution in [2.75, 3.05) is 37.8 Å². The van der Waals surface area contributed by atoms with Gasteiger partial charge in [-0.1, -0.05) is 31.5 Å². The van der Waals surface area contributed by atoms with Crippen LogP contribution in [0.1, 0.15) is 42.1 Å². The molecule has 8 nitrogen and oxygen atoms in total. The lowest BCUT2D eigenvalue weighted by molar-refractivity contribution is -0.125. The minimum absolute atomic E-state index is 0.0170. The van der Waals surface area contributed by atoms with Gasteiger partial charge in [0.15, 0.2) is 19.0 Å². The molecular formula is C26H30N2O6. The van der Waals surface area contributed by atoms with E-state index >= 15 is 0 Å². The molecule has 0 aromatic heterocycles. The largest absolute Gasteiger partial charge is 0.485 e. The summed E-state index contributed by atoms with van der Waals surface area (Å²) in [4.78, 5) is 39.3. The molecule has 0 bridgehead atoms. The molecule has 2 aliphatic heterocycles. The zero-order valence-corrected chi connectivity index (χ0v) is 19.4. The van der Waals surface area contributed by atoms with Gasteiger partial charge in [-0.25, -0.2) is 0 Å². The second-order valence-corrected chi connectivity index (χ2v) is 8.46. The molecule has 1 atom stereocenters. The fourth-order valence-electron chi connectivity index (χ4n) is 4.13. The van der Waals surface area contributed by atoms with Crippen molar-refractivity contribution in [2.24, 2.45) is 0 Å². The molecule has 180 valence electrons. The number of rotatable bonds is 10. The SMILES string of the molecule is CCCc1ccccc1OCC(=O)c1ccc2c(c1)N(CC(=O)NC[C@@H]1CCCO1)C(=O)CO2. The van der Waals surface area contributed by atoms with Crippen LogP contribution in [-0.2, 0) is 20.7 Å². The van der Waals surface area contributed by atoms with Crippen LogP contribution < -0.4 is 19.7 Å². The number of hydrogen-bond donors (Lipinski definition) is 1. The van der Waals surface area contributed by atoms with E-state index in [1.807, 2.05) is 24.3 Å². The molecule has 34 heavy (non-hydrogen) atoms. The summed E-state index contributed by atoms with van der Waals surface area (Å²) in [6, 6.07) is 12.6. The maximum Gasteiger partial charge on any atom is 0.265 e. The van der Waals surface area contributed by atoms with E-state index in [0.29, 0.717) is 35.9 Å². The number of nitrogens with zero attached hydrogens (tertiary/aromatic N) is 1. The number of ketones is 1. The Balaban J connectivity index is 1.42. The number of carbonyl (C=O) groups excluding carboxylic acids is 3. The second-order valence-electron chi connectivity index (χ2n) is 8.46. The Hall–Kier alpha value is -3.39. The fraction of sp³-hybridized carbons (Fsp3) is 0.423. The van der Waals surface area contributed by atoms with Crippen molar-refractivity contribution in [1.82, 2.24) is 5.32 Å². The van der Waals surface area contributed by atoms with Gasteiger partial charge in [0.2, 0.25) is 5.91 Å². The fourth-order valence-corrected chi connectivity index (χ4v) is 4.13. The standard InChI is InChI=1S/C26H30N2O6/c1-2-6-18-7-3-4-9-23(18)33-16-22(29)19-10-11-24-21(13-19)28(26(31)17-34-24)15-25(30)27-14-20-8-5-12-32-20/h3-4,7,9-11,13,20H,2,5-6,8,12,14-17H2,1H3,(H,27,30)/t20-/m0/s1. The lowest BCUT2D eigenvalue weighted by Crippen LogP contribution is -2.46. The minimum Gasteiger partial charge on any atom is -0.485 e. The number of aryl methyl sites for hydroxylation is 1. The molecular weight excluding hydrogens is 436 g/mol.